The molecule has 1 aromatic carbocycles. The first-order chi connectivity index (χ1) is 12.2. The average molecular weight is 381 g/mol. The number of aromatic nitrogens is 2. The predicted octanol–water partition coefficient (Wildman–Crippen LogP) is 3.50. The van der Waals surface area contributed by atoms with Gasteiger partial charge in [0.05, 0.1) is 29.7 Å². The molecule has 0 bridgehead atoms. The van der Waals surface area contributed by atoms with E-state index in [1.165, 1.54) is 0 Å². The van der Waals surface area contributed by atoms with Crippen LogP contribution in [0.4, 0.5) is 0 Å². The van der Waals surface area contributed by atoms with Gasteiger partial charge in [-0.25, -0.2) is 4.98 Å². The van der Waals surface area contributed by atoms with Gasteiger partial charge in [-0.05, 0) is 43.9 Å². The second-order valence-electron chi connectivity index (χ2n) is 6.55. The van der Waals surface area contributed by atoms with Crippen LogP contribution in [0, 0.1) is 0 Å². The molecule has 2 aromatic rings. The average Bonchev–Trinajstić information content (AvgIpc) is 3.29. The van der Waals surface area contributed by atoms with Gasteiger partial charge in [0.1, 0.15) is 0 Å². The van der Waals surface area contributed by atoms with Gasteiger partial charge in [0.2, 0.25) is 0 Å². The summed E-state index contributed by atoms with van der Waals surface area (Å²) in [4.78, 5) is 17.8. The molecule has 0 saturated carbocycles. The van der Waals surface area contributed by atoms with Gasteiger partial charge in [0.25, 0.3) is 5.56 Å². The standard InChI is InChI=1S/C18H21ClN2O3S/c19-12-5-6-15-16(9-12)20-18(25-11-14-4-2-8-24-14)21(17(15)22)10-13-3-1-7-23-13/h5-6,9,13-14H,1-4,7-8,10-11H2/t13-,14-/m1/s1. The van der Waals surface area contributed by atoms with Crippen LogP contribution in [0.2, 0.25) is 5.02 Å². The molecule has 0 radical (unpaired) electrons. The molecular weight excluding hydrogens is 360 g/mol. The summed E-state index contributed by atoms with van der Waals surface area (Å²) in [6, 6.07) is 5.25. The molecule has 25 heavy (non-hydrogen) atoms. The maximum absolute atomic E-state index is 13.0. The molecule has 2 fully saturated rings. The summed E-state index contributed by atoms with van der Waals surface area (Å²) >= 11 is 7.68. The van der Waals surface area contributed by atoms with Gasteiger partial charge in [0.15, 0.2) is 5.16 Å². The van der Waals surface area contributed by atoms with Crippen molar-refractivity contribution in [3.63, 3.8) is 0 Å². The Morgan fingerprint density at radius 1 is 1.20 bits per heavy atom. The largest absolute Gasteiger partial charge is 0.377 e. The SMILES string of the molecule is O=c1c2ccc(Cl)cc2nc(SC[C@H]2CCCO2)n1C[C@H]1CCCO1. The maximum atomic E-state index is 13.0. The second-order valence-corrected chi connectivity index (χ2v) is 7.98. The third-order valence-corrected chi connectivity index (χ3v) is 6.06. The fourth-order valence-corrected chi connectivity index (χ4v) is 4.62. The molecule has 134 valence electrons. The van der Waals surface area contributed by atoms with Gasteiger partial charge in [-0.2, -0.15) is 0 Å². The van der Waals surface area contributed by atoms with Gasteiger partial charge in [-0.1, -0.05) is 23.4 Å². The Morgan fingerprint density at radius 3 is 2.68 bits per heavy atom. The maximum Gasteiger partial charge on any atom is 0.262 e. The molecule has 0 unspecified atom stereocenters. The topological polar surface area (TPSA) is 53.3 Å². The van der Waals surface area contributed by atoms with Gasteiger partial charge in [-0.3, -0.25) is 9.36 Å². The molecule has 2 saturated heterocycles. The Balaban J connectivity index is 1.69. The molecule has 4 rings (SSSR count). The zero-order valence-electron chi connectivity index (χ0n) is 13.9. The summed E-state index contributed by atoms with van der Waals surface area (Å²) in [5.74, 6) is 0.810. The van der Waals surface area contributed by atoms with Gasteiger partial charge in [-0.15, -0.1) is 0 Å². The molecule has 2 aliphatic rings. The molecule has 0 aliphatic carbocycles. The zero-order valence-corrected chi connectivity index (χ0v) is 15.5. The number of rotatable bonds is 5. The Labute approximate surface area is 155 Å². The van der Waals surface area contributed by atoms with Gasteiger partial charge >= 0.3 is 0 Å². The fourth-order valence-electron chi connectivity index (χ4n) is 3.38. The van der Waals surface area contributed by atoms with Crippen LogP contribution in [0.25, 0.3) is 10.9 Å². The van der Waals surface area contributed by atoms with Crippen molar-refractivity contribution in [2.24, 2.45) is 0 Å². The normalized spacial score (nSPS) is 23.6. The van der Waals surface area contributed by atoms with Crippen molar-refractivity contribution in [1.82, 2.24) is 9.55 Å². The summed E-state index contributed by atoms with van der Waals surface area (Å²) < 4.78 is 13.2. The van der Waals surface area contributed by atoms with Crippen molar-refractivity contribution in [2.75, 3.05) is 19.0 Å². The highest BCUT2D eigenvalue weighted by molar-refractivity contribution is 7.99. The van der Waals surface area contributed by atoms with E-state index in [2.05, 4.69) is 0 Å². The van der Waals surface area contributed by atoms with Crippen LogP contribution in [0.15, 0.2) is 28.2 Å². The minimum atomic E-state index is -0.0213. The van der Waals surface area contributed by atoms with Crippen LogP contribution >= 0.6 is 23.4 Å². The lowest BCUT2D eigenvalue weighted by Crippen LogP contribution is -2.29. The third-order valence-electron chi connectivity index (χ3n) is 4.71. The smallest absolute Gasteiger partial charge is 0.262 e. The van der Waals surface area contributed by atoms with E-state index in [0.717, 1.165) is 49.8 Å². The lowest BCUT2D eigenvalue weighted by atomic mass is 10.2. The van der Waals surface area contributed by atoms with Crippen LogP contribution in [-0.2, 0) is 16.0 Å². The molecule has 3 heterocycles. The van der Waals surface area contributed by atoms with Crippen LogP contribution in [0.5, 0.6) is 0 Å². The summed E-state index contributed by atoms with van der Waals surface area (Å²) in [6.07, 6.45) is 4.55. The Kier molecular flexibility index (Phi) is 5.31. The molecule has 5 nitrogen and oxygen atoms in total. The Hall–Kier alpha value is -1.08. The van der Waals surface area contributed by atoms with Gasteiger partial charge < -0.3 is 9.47 Å². The fraction of sp³-hybridized carbons (Fsp3) is 0.556. The van der Waals surface area contributed by atoms with E-state index in [0.29, 0.717) is 22.5 Å². The lowest BCUT2D eigenvalue weighted by Gasteiger charge is -2.17. The number of ether oxygens (including phenoxy) is 2. The molecule has 7 heteroatoms. The zero-order chi connectivity index (χ0) is 17.2. The molecule has 1 aromatic heterocycles. The highest BCUT2D eigenvalue weighted by atomic mass is 35.5. The Morgan fingerprint density at radius 2 is 1.96 bits per heavy atom. The van der Waals surface area contributed by atoms with Crippen LogP contribution in [-0.4, -0.2) is 40.7 Å². The van der Waals surface area contributed by atoms with E-state index in [1.807, 2.05) is 0 Å². The predicted molar refractivity (Wildman–Crippen MR) is 99.7 cm³/mol. The first-order valence-corrected chi connectivity index (χ1v) is 10.1. The number of hydrogen-bond donors (Lipinski definition) is 0. The van der Waals surface area contributed by atoms with E-state index in [1.54, 1.807) is 34.5 Å². The van der Waals surface area contributed by atoms with Crippen molar-refractivity contribution in [3.05, 3.63) is 33.6 Å². The summed E-state index contributed by atoms with van der Waals surface area (Å²) in [5.41, 5.74) is 0.628. The van der Waals surface area contributed by atoms with Crippen LogP contribution in [0.3, 0.4) is 0 Å². The first-order valence-electron chi connectivity index (χ1n) is 8.77. The van der Waals surface area contributed by atoms with E-state index in [9.17, 15) is 4.79 Å². The third kappa shape index (κ3) is 3.87. The van der Waals surface area contributed by atoms with Crippen molar-refractivity contribution >= 4 is 34.3 Å². The number of hydrogen-bond acceptors (Lipinski definition) is 5. The molecule has 0 amide bonds. The number of benzene rings is 1. The van der Waals surface area contributed by atoms with Crippen LogP contribution < -0.4 is 5.56 Å². The molecule has 0 N–H and O–H groups in total. The van der Waals surface area contributed by atoms with E-state index >= 15 is 0 Å². The van der Waals surface area contributed by atoms with E-state index in [4.69, 9.17) is 26.1 Å². The highest BCUT2D eigenvalue weighted by Gasteiger charge is 2.22. The molecule has 0 spiro atoms. The summed E-state index contributed by atoms with van der Waals surface area (Å²) in [7, 11) is 0. The molecular formula is C18H21ClN2O3S. The Bertz CT molecular complexity index is 814. The minimum Gasteiger partial charge on any atom is -0.377 e. The van der Waals surface area contributed by atoms with E-state index < -0.39 is 0 Å². The minimum absolute atomic E-state index is 0.0213. The van der Waals surface area contributed by atoms with Gasteiger partial charge in [0, 0.05) is 24.0 Å². The monoisotopic (exact) mass is 380 g/mol. The molecule has 2 atom stereocenters. The van der Waals surface area contributed by atoms with Crippen molar-refractivity contribution in [2.45, 2.75) is 49.6 Å². The number of nitrogens with zero attached hydrogens (tertiary/aromatic N) is 2. The first kappa shape index (κ1) is 17.3. The lowest BCUT2D eigenvalue weighted by molar-refractivity contribution is 0.0937. The quantitative estimate of drug-likeness (QED) is 0.587. The number of thioether (sulfide) groups is 1. The number of halogens is 1. The van der Waals surface area contributed by atoms with Crippen molar-refractivity contribution < 1.29 is 9.47 Å². The van der Waals surface area contributed by atoms with E-state index in [-0.39, 0.29) is 17.8 Å². The van der Waals surface area contributed by atoms with Crippen LogP contribution in [0.1, 0.15) is 25.7 Å². The summed E-state index contributed by atoms with van der Waals surface area (Å²) in [6.45, 7) is 2.15. The second kappa shape index (κ2) is 7.66. The summed E-state index contributed by atoms with van der Waals surface area (Å²) in [5, 5.41) is 1.92. The molecule has 2 aliphatic heterocycles. The van der Waals surface area contributed by atoms with Crippen molar-refractivity contribution in [1.29, 1.82) is 0 Å². The number of fused-ring (bicyclic) bond motifs is 1. The highest BCUT2D eigenvalue weighted by Crippen LogP contribution is 2.25. The van der Waals surface area contributed by atoms with Crippen molar-refractivity contribution in [3.8, 4) is 0 Å².